The SMILES string of the molecule is c1ccc(-c2nc(CN3CCCCCC3)co2)cc1. The van der Waals surface area contributed by atoms with Crippen LogP contribution in [0.2, 0.25) is 0 Å². The summed E-state index contributed by atoms with van der Waals surface area (Å²) in [5, 5.41) is 0. The van der Waals surface area contributed by atoms with E-state index in [1.165, 1.54) is 38.8 Å². The fourth-order valence-electron chi connectivity index (χ4n) is 2.62. The fourth-order valence-corrected chi connectivity index (χ4v) is 2.62. The predicted octanol–water partition coefficient (Wildman–Crippen LogP) is 3.72. The summed E-state index contributed by atoms with van der Waals surface area (Å²) in [5.41, 5.74) is 2.09. The van der Waals surface area contributed by atoms with E-state index in [4.69, 9.17) is 4.42 Å². The zero-order valence-electron chi connectivity index (χ0n) is 11.2. The minimum absolute atomic E-state index is 0.727. The van der Waals surface area contributed by atoms with E-state index in [0.29, 0.717) is 0 Å². The van der Waals surface area contributed by atoms with Crippen LogP contribution >= 0.6 is 0 Å². The maximum absolute atomic E-state index is 5.59. The summed E-state index contributed by atoms with van der Waals surface area (Å²) >= 11 is 0. The Morgan fingerprint density at radius 2 is 1.74 bits per heavy atom. The second kappa shape index (κ2) is 6.02. The van der Waals surface area contributed by atoms with Crippen LogP contribution in [0.1, 0.15) is 31.4 Å². The third kappa shape index (κ3) is 3.24. The van der Waals surface area contributed by atoms with Crippen LogP contribution in [0.3, 0.4) is 0 Å². The highest BCUT2D eigenvalue weighted by Crippen LogP contribution is 2.19. The summed E-state index contributed by atoms with van der Waals surface area (Å²) in [5.74, 6) is 0.727. The molecular formula is C16H20N2O. The Morgan fingerprint density at radius 3 is 2.47 bits per heavy atom. The lowest BCUT2D eigenvalue weighted by atomic mass is 10.2. The molecule has 0 aliphatic carbocycles. The van der Waals surface area contributed by atoms with E-state index in [1.54, 1.807) is 6.26 Å². The van der Waals surface area contributed by atoms with E-state index in [1.807, 2.05) is 30.3 Å². The van der Waals surface area contributed by atoms with E-state index in [-0.39, 0.29) is 0 Å². The van der Waals surface area contributed by atoms with Crippen LogP contribution in [-0.4, -0.2) is 23.0 Å². The lowest BCUT2D eigenvalue weighted by Crippen LogP contribution is -2.24. The van der Waals surface area contributed by atoms with Crippen molar-refractivity contribution in [3.05, 3.63) is 42.3 Å². The van der Waals surface area contributed by atoms with Gasteiger partial charge in [-0.15, -0.1) is 0 Å². The molecule has 0 atom stereocenters. The normalized spacial score (nSPS) is 17.3. The number of hydrogen-bond donors (Lipinski definition) is 0. The standard InChI is InChI=1S/C16H20N2O/c1-2-7-11-18(10-6-1)12-15-13-19-16(17-15)14-8-4-3-5-9-14/h3-5,8-9,13H,1-2,6-7,10-12H2. The molecule has 0 radical (unpaired) electrons. The Morgan fingerprint density at radius 1 is 1.00 bits per heavy atom. The zero-order valence-corrected chi connectivity index (χ0v) is 11.2. The highest BCUT2D eigenvalue weighted by Gasteiger charge is 2.12. The van der Waals surface area contributed by atoms with Crippen molar-refractivity contribution in [1.29, 1.82) is 0 Å². The smallest absolute Gasteiger partial charge is 0.226 e. The van der Waals surface area contributed by atoms with Crippen molar-refractivity contribution in [2.24, 2.45) is 0 Å². The molecular weight excluding hydrogens is 236 g/mol. The molecule has 0 saturated carbocycles. The first-order valence-electron chi connectivity index (χ1n) is 7.14. The zero-order chi connectivity index (χ0) is 12.9. The lowest BCUT2D eigenvalue weighted by molar-refractivity contribution is 0.273. The Labute approximate surface area is 114 Å². The summed E-state index contributed by atoms with van der Waals surface area (Å²) in [6.45, 7) is 3.29. The topological polar surface area (TPSA) is 29.3 Å². The maximum Gasteiger partial charge on any atom is 0.226 e. The monoisotopic (exact) mass is 256 g/mol. The molecule has 1 aromatic carbocycles. The molecule has 0 bridgehead atoms. The molecule has 1 fully saturated rings. The highest BCUT2D eigenvalue weighted by molar-refractivity contribution is 5.52. The van der Waals surface area contributed by atoms with Gasteiger partial charge in [-0.25, -0.2) is 4.98 Å². The molecule has 1 aromatic heterocycles. The summed E-state index contributed by atoms with van der Waals surface area (Å²) in [7, 11) is 0. The highest BCUT2D eigenvalue weighted by atomic mass is 16.3. The molecule has 3 nitrogen and oxygen atoms in total. The minimum Gasteiger partial charge on any atom is -0.444 e. The van der Waals surface area contributed by atoms with Gasteiger partial charge in [0, 0.05) is 12.1 Å². The van der Waals surface area contributed by atoms with Crippen LogP contribution in [0.15, 0.2) is 41.0 Å². The molecule has 3 heteroatoms. The van der Waals surface area contributed by atoms with Crippen LogP contribution < -0.4 is 0 Å². The molecule has 2 heterocycles. The lowest BCUT2D eigenvalue weighted by Gasteiger charge is -2.17. The Kier molecular flexibility index (Phi) is 3.94. The van der Waals surface area contributed by atoms with Crippen LogP contribution in [0.5, 0.6) is 0 Å². The van der Waals surface area contributed by atoms with Gasteiger partial charge in [-0.05, 0) is 38.1 Å². The summed E-state index contributed by atoms with van der Waals surface area (Å²) < 4.78 is 5.59. The van der Waals surface area contributed by atoms with E-state index < -0.39 is 0 Å². The van der Waals surface area contributed by atoms with Crippen molar-refractivity contribution < 1.29 is 4.42 Å². The van der Waals surface area contributed by atoms with Crippen LogP contribution in [0.25, 0.3) is 11.5 Å². The second-order valence-electron chi connectivity index (χ2n) is 5.20. The quantitative estimate of drug-likeness (QED) is 0.838. The summed E-state index contributed by atoms with van der Waals surface area (Å²) in [6, 6.07) is 10.1. The van der Waals surface area contributed by atoms with E-state index in [9.17, 15) is 0 Å². The molecule has 0 N–H and O–H groups in total. The molecule has 0 unspecified atom stereocenters. The number of likely N-dealkylation sites (tertiary alicyclic amines) is 1. The van der Waals surface area contributed by atoms with Crippen LogP contribution in [0.4, 0.5) is 0 Å². The van der Waals surface area contributed by atoms with E-state index in [0.717, 1.165) is 23.7 Å². The van der Waals surface area contributed by atoms with Crippen molar-refractivity contribution in [1.82, 2.24) is 9.88 Å². The van der Waals surface area contributed by atoms with E-state index >= 15 is 0 Å². The number of hydrogen-bond acceptors (Lipinski definition) is 3. The summed E-state index contributed by atoms with van der Waals surface area (Å²) in [6.07, 6.45) is 7.15. The molecule has 1 aliphatic heterocycles. The molecule has 100 valence electrons. The van der Waals surface area contributed by atoms with Crippen molar-refractivity contribution in [3.63, 3.8) is 0 Å². The number of aromatic nitrogens is 1. The van der Waals surface area contributed by atoms with Crippen molar-refractivity contribution >= 4 is 0 Å². The van der Waals surface area contributed by atoms with Crippen molar-refractivity contribution in [2.45, 2.75) is 32.2 Å². The average molecular weight is 256 g/mol. The molecule has 0 spiro atoms. The Balaban J connectivity index is 1.68. The number of rotatable bonds is 3. The Bertz CT molecular complexity index is 498. The van der Waals surface area contributed by atoms with Gasteiger partial charge in [0.15, 0.2) is 0 Å². The van der Waals surface area contributed by atoms with Gasteiger partial charge >= 0.3 is 0 Å². The van der Waals surface area contributed by atoms with Gasteiger partial charge in [0.2, 0.25) is 5.89 Å². The third-order valence-corrected chi connectivity index (χ3v) is 3.66. The van der Waals surface area contributed by atoms with Crippen molar-refractivity contribution in [2.75, 3.05) is 13.1 Å². The van der Waals surface area contributed by atoms with Gasteiger partial charge in [0.25, 0.3) is 0 Å². The molecule has 3 rings (SSSR count). The van der Waals surface area contributed by atoms with Gasteiger partial charge in [0.05, 0.1) is 5.69 Å². The molecule has 0 amide bonds. The Hall–Kier alpha value is -1.61. The fraction of sp³-hybridized carbons (Fsp3) is 0.438. The van der Waals surface area contributed by atoms with Gasteiger partial charge in [-0.1, -0.05) is 31.0 Å². The van der Waals surface area contributed by atoms with Gasteiger partial charge in [-0.2, -0.15) is 0 Å². The largest absolute Gasteiger partial charge is 0.444 e. The minimum atomic E-state index is 0.727. The number of nitrogens with zero attached hydrogens (tertiary/aromatic N) is 2. The first-order valence-corrected chi connectivity index (χ1v) is 7.14. The second-order valence-corrected chi connectivity index (χ2v) is 5.20. The van der Waals surface area contributed by atoms with Crippen LogP contribution in [0, 0.1) is 0 Å². The number of oxazole rings is 1. The first kappa shape index (κ1) is 12.4. The van der Waals surface area contributed by atoms with E-state index in [2.05, 4.69) is 9.88 Å². The van der Waals surface area contributed by atoms with Crippen molar-refractivity contribution in [3.8, 4) is 11.5 Å². The van der Waals surface area contributed by atoms with Gasteiger partial charge in [-0.3, -0.25) is 4.90 Å². The summed E-state index contributed by atoms with van der Waals surface area (Å²) in [4.78, 5) is 7.08. The van der Waals surface area contributed by atoms with Gasteiger partial charge < -0.3 is 4.42 Å². The molecule has 19 heavy (non-hydrogen) atoms. The predicted molar refractivity (Wildman–Crippen MR) is 75.7 cm³/mol. The third-order valence-electron chi connectivity index (χ3n) is 3.66. The first-order chi connectivity index (χ1) is 9.42. The maximum atomic E-state index is 5.59. The van der Waals surface area contributed by atoms with Crippen LogP contribution in [-0.2, 0) is 6.54 Å². The molecule has 1 saturated heterocycles. The molecule has 2 aromatic rings. The molecule has 1 aliphatic rings. The average Bonchev–Trinajstić information content (AvgIpc) is 2.76. The van der Waals surface area contributed by atoms with Gasteiger partial charge in [0.1, 0.15) is 6.26 Å². The number of benzene rings is 1.